The number of H-pyrrole nitrogens is 1. The Hall–Kier alpha value is -2.42. The molecule has 2 atom stereocenters. The number of β-amino-alcohol motifs (C(OH)–C–C–N with tert-alkyl or cyclic N) is 1. The van der Waals surface area contributed by atoms with Crippen LogP contribution in [0.15, 0.2) is 36.8 Å². The fourth-order valence-electron chi connectivity index (χ4n) is 3.83. The van der Waals surface area contributed by atoms with Gasteiger partial charge in [-0.25, -0.2) is 9.78 Å². The third kappa shape index (κ3) is 3.97. The van der Waals surface area contributed by atoms with Crippen LogP contribution in [0.25, 0.3) is 11.3 Å². The van der Waals surface area contributed by atoms with E-state index in [0.717, 1.165) is 43.1 Å². The van der Waals surface area contributed by atoms with Gasteiger partial charge in [-0.15, -0.1) is 0 Å². The van der Waals surface area contributed by atoms with Crippen LogP contribution in [-0.4, -0.2) is 94.3 Å². The van der Waals surface area contributed by atoms with Gasteiger partial charge in [-0.1, -0.05) is 12.1 Å². The number of piperazine rings is 1. The van der Waals surface area contributed by atoms with E-state index in [0.29, 0.717) is 13.1 Å². The zero-order valence-electron chi connectivity index (χ0n) is 15.5. The smallest absolute Gasteiger partial charge is 0.321 e. The van der Waals surface area contributed by atoms with Gasteiger partial charge in [0.2, 0.25) is 0 Å². The lowest BCUT2D eigenvalue weighted by atomic mass is 10.1. The summed E-state index contributed by atoms with van der Waals surface area (Å²) in [5, 5.41) is 13.4. The lowest BCUT2D eigenvalue weighted by molar-refractivity contribution is 0.0512. The van der Waals surface area contributed by atoms with Crippen LogP contribution >= 0.6 is 0 Å². The van der Waals surface area contributed by atoms with E-state index in [1.54, 1.807) is 17.4 Å². The predicted molar refractivity (Wildman–Crippen MR) is 103 cm³/mol. The number of hydrogen-bond acceptors (Lipinski definition) is 5. The highest BCUT2D eigenvalue weighted by molar-refractivity contribution is 5.90. The monoisotopic (exact) mass is 370 g/mol. The van der Waals surface area contributed by atoms with Gasteiger partial charge in [0.25, 0.3) is 0 Å². The number of imidazole rings is 1. The van der Waals surface area contributed by atoms with Gasteiger partial charge in [-0.3, -0.25) is 4.90 Å². The largest absolute Gasteiger partial charge is 0.390 e. The summed E-state index contributed by atoms with van der Waals surface area (Å²) in [6, 6.07) is 7.48. The molecular weight excluding hydrogens is 344 g/mol. The minimum atomic E-state index is -0.504. The number of likely N-dealkylation sites (tertiary alicyclic amines) is 1. The van der Waals surface area contributed by atoms with E-state index in [9.17, 15) is 9.90 Å². The number of carbonyl (C=O) groups excluding carboxylic acids is 1. The number of aromatic amines is 1. The molecule has 144 valence electrons. The molecule has 2 fully saturated rings. The summed E-state index contributed by atoms with van der Waals surface area (Å²) in [4.78, 5) is 26.1. The molecule has 8 nitrogen and oxygen atoms in total. The standard InChI is InChI=1S/C19H26N6O2/c1-23-5-7-24(8-6-23)17-11-25(12-18(17)26)19(27)22-15-4-2-3-14(9-15)16-10-20-13-21-16/h2-4,9-10,13,17-18,26H,5-8,11-12H2,1H3,(H,20,21)(H,22,27)/t17-,18-/m0/s1. The molecule has 27 heavy (non-hydrogen) atoms. The fraction of sp³-hybridized carbons (Fsp3) is 0.474. The summed E-state index contributed by atoms with van der Waals surface area (Å²) >= 11 is 0. The van der Waals surface area contributed by atoms with Crippen molar-refractivity contribution >= 4 is 11.7 Å². The lowest BCUT2D eigenvalue weighted by Crippen LogP contribution is -2.52. The molecule has 2 aliphatic rings. The van der Waals surface area contributed by atoms with E-state index in [2.05, 4.69) is 32.1 Å². The van der Waals surface area contributed by atoms with Crippen LogP contribution in [0.4, 0.5) is 10.5 Å². The van der Waals surface area contributed by atoms with E-state index in [1.807, 2.05) is 24.3 Å². The zero-order chi connectivity index (χ0) is 18.8. The van der Waals surface area contributed by atoms with Crippen LogP contribution in [0.5, 0.6) is 0 Å². The predicted octanol–water partition coefficient (Wildman–Crippen LogP) is 0.901. The second kappa shape index (κ2) is 7.67. The number of nitrogens with zero attached hydrogens (tertiary/aromatic N) is 4. The highest BCUT2D eigenvalue weighted by Gasteiger charge is 2.38. The van der Waals surface area contributed by atoms with Gasteiger partial charge in [-0.05, 0) is 19.2 Å². The van der Waals surface area contributed by atoms with Crippen molar-refractivity contribution in [1.82, 2.24) is 24.7 Å². The van der Waals surface area contributed by atoms with Crippen LogP contribution in [0.1, 0.15) is 0 Å². The average Bonchev–Trinajstić information content (AvgIpc) is 3.33. The van der Waals surface area contributed by atoms with Crippen molar-refractivity contribution in [2.45, 2.75) is 12.1 Å². The third-order valence-corrected chi connectivity index (χ3v) is 5.48. The minimum absolute atomic E-state index is 0.0146. The Balaban J connectivity index is 1.38. The van der Waals surface area contributed by atoms with Crippen molar-refractivity contribution in [3.8, 4) is 11.3 Å². The van der Waals surface area contributed by atoms with Gasteiger partial charge in [0.15, 0.2) is 0 Å². The summed E-state index contributed by atoms with van der Waals surface area (Å²) in [7, 11) is 2.11. The average molecular weight is 370 g/mol. The van der Waals surface area contributed by atoms with Gasteiger partial charge >= 0.3 is 6.03 Å². The Morgan fingerprint density at radius 3 is 2.81 bits per heavy atom. The molecule has 1 aromatic heterocycles. The molecule has 8 heteroatoms. The fourth-order valence-corrected chi connectivity index (χ4v) is 3.83. The number of amides is 2. The first kappa shape index (κ1) is 18.0. The first-order valence-electron chi connectivity index (χ1n) is 9.35. The number of anilines is 1. The lowest BCUT2D eigenvalue weighted by Gasteiger charge is -2.37. The number of carbonyl (C=O) groups is 1. The Labute approximate surface area is 158 Å². The molecule has 2 saturated heterocycles. The summed E-state index contributed by atoms with van der Waals surface area (Å²) in [5.74, 6) is 0. The molecule has 4 rings (SSSR count). The number of aromatic nitrogens is 2. The molecule has 0 aliphatic carbocycles. The van der Waals surface area contributed by atoms with Crippen LogP contribution in [0, 0.1) is 0 Å². The molecule has 3 heterocycles. The van der Waals surface area contributed by atoms with Crippen molar-refractivity contribution < 1.29 is 9.90 Å². The number of benzene rings is 1. The van der Waals surface area contributed by atoms with E-state index in [4.69, 9.17) is 0 Å². The van der Waals surface area contributed by atoms with Gasteiger partial charge in [0.05, 0.1) is 36.9 Å². The molecule has 2 aliphatic heterocycles. The van der Waals surface area contributed by atoms with Gasteiger partial charge < -0.3 is 25.2 Å². The topological polar surface area (TPSA) is 87.7 Å². The Morgan fingerprint density at radius 2 is 2.07 bits per heavy atom. The quantitative estimate of drug-likeness (QED) is 0.747. The molecule has 0 bridgehead atoms. The molecule has 2 aromatic rings. The third-order valence-electron chi connectivity index (χ3n) is 5.48. The summed E-state index contributed by atoms with van der Waals surface area (Å²) in [5.41, 5.74) is 2.59. The maximum atomic E-state index is 12.7. The van der Waals surface area contributed by atoms with Crippen LogP contribution in [0.2, 0.25) is 0 Å². The zero-order valence-corrected chi connectivity index (χ0v) is 15.5. The van der Waals surface area contributed by atoms with Crippen LogP contribution in [0.3, 0.4) is 0 Å². The number of nitrogens with one attached hydrogen (secondary N) is 2. The second-order valence-corrected chi connectivity index (χ2v) is 7.36. The van der Waals surface area contributed by atoms with Crippen LogP contribution < -0.4 is 5.32 Å². The Bertz CT molecular complexity index is 772. The molecule has 3 N–H and O–H groups in total. The van der Waals surface area contributed by atoms with Crippen molar-refractivity contribution in [3.05, 3.63) is 36.8 Å². The van der Waals surface area contributed by atoms with Gasteiger partial charge in [-0.2, -0.15) is 0 Å². The van der Waals surface area contributed by atoms with Crippen molar-refractivity contribution in [3.63, 3.8) is 0 Å². The summed E-state index contributed by atoms with van der Waals surface area (Å²) in [6.07, 6.45) is 2.87. The number of urea groups is 1. The molecule has 0 saturated carbocycles. The van der Waals surface area contributed by atoms with Crippen molar-refractivity contribution in [2.24, 2.45) is 0 Å². The first-order chi connectivity index (χ1) is 13.1. The summed E-state index contributed by atoms with van der Waals surface area (Å²) in [6.45, 7) is 4.77. The minimum Gasteiger partial charge on any atom is -0.390 e. The molecule has 0 spiro atoms. The highest BCUT2D eigenvalue weighted by atomic mass is 16.3. The first-order valence-corrected chi connectivity index (χ1v) is 9.35. The number of aliphatic hydroxyl groups excluding tert-OH is 1. The molecule has 2 amide bonds. The number of aliphatic hydroxyl groups is 1. The number of likely N-dealkylation sites (N-methyl/N-ethyl adjacent to an activating group) is 1. The van der Waals surface area contributed by atoms with Crippen molar-refractivity contribution in [2.75, 3.05) is 51.6 Å². The van der Waals surface area contributed by atoms with Crippen molar-refractivity contribution in [1.29, 1.82) is 0 Å². The second-order valence-electron chi connectivity index (χ2n) is 7.36. The molecule has 0 radical (unpaired) electrons. The van der Waals surface area contributed by atoms with E-state index < -0.39 is 6.10 Å². The Morgan fingerprint density at radius 1 is 1.26 bits per heavy atom. The van der Waals surface area contributed by atoms with E-state index in [1.165, 1.54) is 0 Å². The SMILES string of the molecule is CN1CCN([C@H]2CN(C(=O)Nc3cccc(-c4cnc[nH]4)c3)C[C@@H]2O)CC1. The molecule has 0 unspecified atom stereocenters. The highest BCUT2D eigenvalue weighted by Crippen LogP contribution is 2.22. The number of hydrogen-bond donors (Lipinski definition) is 3. The van der Waals surface area contributed by atoms with E-state index in [-0.39, 0.29) is 12.1 Å². The Kier molecular flexibility index (Phi) is 5.11. The molecule has 1 aromatic carbocycles. The van der Waals surface area contributed by atoms with E-state index >= 15 is 0 Å². The van der Waals surface area contributed by atoms with Gasteiger partial charge in [0, 0.05) is 44.0 Å². The summed E-state index contributed by atoms with van der Waals surface area (Å²) < 4.78 is 0. The maximum Gasteiger partial charge on any atom is 0.321 e. The molecular formula is C19H26N6O2. The number of rotatable bonds is 3. The van der Waals surface area contributed by atoms with Gasteiger partial charge in [0.1, 0.15) is 0 Å². The maximum absolute atomic E-state index is 12.7. The van der Waals surface area contributed by atoms with Crippen LogP contribution in [-0.2, 0) is 0 Å². The normalized spacial score (nSPS) is 24.3.